The van der Waals surface area contributed by atoms with E-state index in [4.69, 9.17) is 10.7 Å². The highest BCUT2D eigenvalue weighted by Crippen LogP contribution is 2.45. The fraction of sp³-hybridized carbons (Fsp3) is 0.500. The molecule has 0 bridgehead atoms. The molecule has 0 aliphatic heterocycles. The number of aromatic nitrogens is 1. The van der Waals surface area contributed by atoms with Crippen LogP contribution in [0.5, 0.6) is 0 Å². The van der Waals surface area contributed by atoms with Gasteiger partial charge in [0.1, 0.15) is 5.01 Å². The molecule has 1 aromatic heterocycles. The highest BCUT2D eigenvalue weighted by Gasteiger charge is 2.39. The molecule has 0 fully saturated rings. The van der Waals surface area contributed by atoms with Gasteiger partial charge in [-0.1, -0.05) is 31.2 Å². The summed E-state index contributed by atoms with van der Waals surface area (Å²) in [7, 11) is 0. The van der Waals surface area contributed by atoms with Crippen molar-refractivity contribution in [1.29, 1.82) is 0 Å². The van der Waals surface area contributed by atoms with E-state index in [-0.39, 0.29) is 5.54 Å². The first-order chi connectivity index (χ1) is 10.2. The number of rotatable bonds is 1. The van der Waals surface area contributed by atoms with Crippen LogP contribution in [-0.4, -0.2) is 4.98 Å². The summed E-state index contributed by atoms with van der Waals surface area (Å²) >= 11 is 1.87. The van der Waals surface area contributed by atoms with Crippen molar-refractivity contribution in [2.75, 3.05) is 0 Å². The third kappa shape index (κ3) is 2.06. The Hall–Kier alpha value is -1.19. The van der Waals surface area contributed by atoms with E-state index in [9.17, 15) is 0 Å². The molecule has 0 amide bonds. The van der Waals surface area contributed by atoms with Crippen molar-refractivity contribution in [2.24, 2.45) is 5.73 Å². The second kappa shape index (κ2) is 4.92. The van der Waals surface area contributed by atoms with Crippen molar-refractivity contribution in [1.82, 2.24) is 4.98 Å². The molecular formula is C18H22N2S. The summed E-state index contributed by atoms with van der Waals surface area (Å²) in [6.07, 6.45) is 7.08. The standard InChI is InChI=1S/C18H22N2S/c1-12-10-11-18(19,14-7-3-2-6-13(12)14)17-20-15-8-4-5-9-16(15)21-17/h2-3,6-7,12H,4-5,8-11,19H2,1H3. The Morgan fingerprint density at radius 3 is 2.90 bits per heavy atom. The van der Waals surface area contributed by atoms with Crippen LogP contribution in [0, 0.1) is 0 Å². The van der Waals surface area contributed by atoms with E-state index in [2.05, 4.69) is 31.2 Å². The maximum atomic E-state index is 6.91. The Labute approximate surface area is 130 Å². The number of nitrogens with two attached hydrogens (primary N) is 1. The summed E-state index contributed by atoms with van der Waals surface area (Å²) in [4.78, 5) is 6.45. The lowest BCUT2D eigenvalue weighted by molar-refractivity contribution is 0.409. The van der Waals surface area contributed by atoms with E-state index in [1.54, 1.807) is 0 Å². The SMILES string of the molecule is CC1CCC(N)(c2nc3c(s2)CCCC3)c2ccccc21. The van der Waals surface area contributed by atoms with Crippen LogP contribution >= 0.6 is 11.3 Å². The van der Waals surface area contributed by atoms with Crippen LogP contribution in [0.15, 0.2) is 24.3 Å². The van der Waals surface area contributed by atoms with Gasteiger partial charge in [0, 0.05) is 4.88 Å². The Morgan fingerprint density at radius 2 is 2.05 bits per heavy atom. The number of nitrogens with zero attached hydrogens (tertiary/aromatic N) is 1. The van der Waals surface area contributed by atoms with Gasteiger partial charge in [0.2, 0.25) is 0 Å². The summed E-state index contributed by atoms with van der Waals surface area (Å²) in [5.41, 5.74) is 10.6. The summed E-state index contributed by atoms with van der Waals surface area (Å²) in [6.45, 7) is 2.31. The molecular weight excluding hydrogens is 276 g/mol. The van der Waals surface area contributed by atoms with Gasteiger partial charge in [0.25, 0.3) is 0 Å². The van der Waals surface area contributed by atoms with Gasteiger partial charge in [-0.2, -0.15) is 0 Å². The van der Waals surface area contributed by atoms with Crippen LogP contribution < -0.4 is 5.73 Å². The zero-order valence-electron chi connectivity index (χ0n) is 12.6. The van der Waals surface area contributed by atoms with Crippen molar-refractivity contribution in [2.45, 2.75) is 56.9 Å². The first kappa shape index (κ1) is 13.5. The largest absolute Gasteiger partial charge is 0.316 e. The van der Waals surface area contributed by atoms with Crippen molar-refractivity contribution >= 4 is 11.3 Å². The second-order valence-corrected chi connectivity index (χ2v) is 7.68. The fourth-order valence-corrected chi connectivity index (χ4v) is 5.13. The van der Waals surface area contributed by atoms with Crippen molar-refractivity contribution in [3.63, 3.8) is 0 Å². The quantitative estimate of drug-likeness (QED) is 0.860. The topological polar surface area (TPSA) is 38.9 Å². The van der Waals surface area contributed by atoms with Crippen molar-refractivity contribution in [3.05, 3.63) is 51.0 Å². The van der Waals surface area contributed by atoms with Crippen LogP contribution in [0.3, 0.4) is 0 Å². The molecule has 2 nitrogen and oxygen atoms in total. The molecule has 2 atom stereocenters. The molecule has 2 N–H and O–H groups in total. The van der Waals surface area contributed by atoms with E-state index in [1.165, 1.54) is 41.0 Å². The van der Waals surface area contributed by atoms with E-state index in [0.29, 0.717) is 5.92 Å². The van der Waals surface area contributed by atoms with Gasteiger partial charge in [0.15, 0.2) is 0 Å². The average molecular weight is 298 g/mol. The first-order valence-corrected chi connectivity index (χ1v) is 8.87. The lowest BCUT2D eigenvalue weighted by Crippen LogP contribution is -2.41. The Morgan fingerprint density at radius 1 is 1.24 bits per heavy atom. The van der Waals surface area contributed by atoms with Gasteiger partial charge in [-0.3, -0.25) is 0 Å². The van der Waals surface area contributed by atoms with E-state index in [1.807, 2.05) is 11.3 Å². The fourth-order valence-electron chi connectivity index (χ4n) is 3.83. The maximum Gasteiger partial charge on any atom is 0.118 e. The minimum absolute atomic E-state index is 0.370. The maximum absolute atomic E-state index is 6.91. The molecule has 21 heavy (non-hydrogen) atoms. The van der Waals surface area contributed by atoms with Gasteiger partial charge >= 0.3 is 0 Å². The van der Waals surface area contributed by atoms with Crippen LogP contribution in [0.1, 0.15) is 65.2 Å². The summed E-state index contributed by atoms with van der Waals surface area (Å²) in [5.74, 6) is 0.604. The van der Waals surface area contributed by atoms with Crippen LogP contribution in [0.25, 0.3) is 0 Å². The third-order valence-electron chi connectivity index (χ3n) is 5.17. The lowest BCUT2D eigenvalue weighted by atomic mass is 9.73. The molecule has 110 valence electrons. The smallest absolute Gasteiger partial charge is 0.118 e. The molecule has 0 spiro atoms. The highest BCUT2D eigenvalue weighted by molar-refractivity contribution is 7.12. The predicted molar refractivity (Wildman–Crippen MR) is 87.8 cm³/mol. The minimum atomic E-state index is -0.370. The molecule has 1 heterocycles. The minimum Gasteiger partial charge on any atom is -0.316 e. The first-order valence-electron chi connectivity index (χ1n) is 8.06. The van der Waals surface area contributed by atoms with Gasteiger partial charge in [0.05, 0.1) is 11.2 Å². The van der Waals surface area contributed by atoms with Crippen molar-refractivity contribution in [3.8, 4) is 0 Å². The Balaban J connectivity index is 1.84. The molecule has 0 saturated heterocycles. The number of hydrogen-bond donors (Lipinski definition) is 1. The highest BCUT2D eigenvalue weighted by atomic mass is 32.1. The van der Waals surface area contributed by atoms with Crippen LogP contribution in [0.2, 0.25) is 0 Å². The molecule has 0 saturated carbocycles. The molecule has 2 aliphatic carbocycles. The summed E-state index contributed by atoms with van der Waals surface area (Å²) in [6, 6.07) is 8.71. The Bertz CT molecular complexity index is 652. The molecule has 2 aliphatic rings. The number of aryl methyl sites for hydroxylation is 2. The number of fused-ring (bicyclic) bond motifs is 2. The molecule has 2 unspecified atom stereocenters. The summed E-state index contributed by atoms with van der Waals surface area (Å²) in [5, 5.41) is 1.15. The summed E-state index contributed by atoms with van der Waals surface area (Å²) < 4.78 is 0. The van der Waals surface area contributed by atoms with Gasteiger partial charge in [-0.15, -0.1) is 11.3 Å². The molecule has 2 aromatic rings. The monoisotopic (exact) mass is 298 g/mol. The lowest BCUT2D eigenvalue weighted by Gasteiger charge is -2.37. The predicted octanol–water partition coefficient (Wildman–Crippen LogP) is 4.12. The second-order valence-electron chi connectivity index (χ2n) is 6.59. The molecule has 3 heteroatoms. The number of hydrogen-bond acceptors (Lipinski definition) is 3. The average Bonchev–Trinajstić information content (AvgIpc) is 2.96. The third-order valence-corrected chi connectivity index (χ3v) is 6.51. The van der Waals surface area contributed by atoms with E-state index < -0.39 is 0 Å². The molecule has 0 radical (unpaired) electrons. The van der Waals surface area contributed by atoms with Crippen molar-refractivity contribution < 1.29 is 0 Å². The normalized spacial score (nSPS) is 28.0. The van der Waals surface area contributed by atoms with Crippen LogP contribution in [0.4, 0.5) is 0 Å². The van der Waals surface area contributed by atoms with Crippen LogP contribution in [-0.2, 0) is 18.4 Å². The molecule has 1 aromatic carbocycles. The zero-order valence-corrected chi connectivity index (χ0v) is 13.4. The Kier molecular flexibility index (Phi) is 3.16. The van der Waals surface area contributed by atoms with Gasteiger partial charge in [-0.05, 0) is 55.6 Å². The van der Waals surface area contributed by atoms with E-state index >= 15 is 0 Å². The van der Waals surface area contributed by atoms with Gasteiger partial charge < -0.3 is 5.73 Å². The van der Waals surface area contributed by atoms with Gasteiger partial charge in [-0.25, -0.2) is 4.98 Å². The number of benzene rings is 1. The molecule has 4 rings (SSSR count). The number of thiazole rings is 1. The van der Waals surface area contributed by atoms with E-state index in [0.717, 1.165) is 24.3 Å². The zero-order chi connectivity index (χ0) is 14.4.